The van der Waals surface area contributed by atoms with Gasteiger partial charge in [-0.25, -0.2) is 0 Å². The molecule has 0 saturated carbocycles. The van der Waals surface area contributed by atoms with Crippen molar-refractivity contribution < 1.29 is 9.47 Å². The molecule has 0 amide bonds. The number of morpholine rings is 1. The number of ether oxygens (including phenoxy) is 2. The molecule has 2 aromatic heterocycles. The summed E-state index contributed by atoms with van der Waals surface area (Å²) in [7, 11) is 1.62. The fraction of sp³-hybridized carbons (Fsp3) is 0.455. The van der Waals surface area contributed by atoms with Gasteiger partial charge in [0, 0.05) is 13.1 Å². The van der Waals surface area contributed by atoms with Crippen molar-refractivity contribution in [1.82, 2.24) is 14.6 Å². The van der Waals surface area contributed by atoms with Gasteiger partial charge in [-0.15, -0.1) is 5.10 Å². The molecular weight excluding hydrogens is 256 g/mol. The smallest absolute Gasteiger partial charge is 0.243 e. The van der Waals surface area contributed by atoms with Gasteiger partial charge in [0.1, 0.15) is 5.69 Å². The van der Waals surface area contributed by atoms with Crippen LogP contribution < -0.4 is 9.64 Å². The Hall–Kier alpha value is -1.53. The van der Waals surface area contributed by atoms with E-state index in [9.17, 15) is 0 Å². The van der Waals surface area contributed by atoms with Gasteiger partial charge in [0.15, 0.2) is 5.65 Å². The van der Waals surface area contributed by atoms with Gasteiger partial charge in [-0.05, 0) is 23.7 Å². The Kier molecular flexibility index (Phi) is 2.97. The fourth-order valence-corrected chi connectivity index (χ4v) is 2.29. The molecule has 1 saturated heterocycles. The lowest BCUT2D eigenvalue weighted by molar-refractivity contribution is 0.122. The lowest BCUT2D eigenvalue weighted by Gasteiger charge is -2.29. The topological polar surface area (TPSA) is 51.9 Å². The summed E-state index contributed by atoms with van der Waals surface area (Å²) in [6.07, 6.45) is 0. The summed E-state index contributed by atoms with van der Waals surface area (Å²) < 4.78 is 12.4. The lowest BCUT2D eigenvalue weighted by atomic mass is 10.3. The van der Waals surface area contributed by atoms with Crippen molar-refractivity contribution in [2.24, 2.45) is 0 Å². The summed E-state index contributed by atoms with van der Waals surface area (Å²) in [6, 6.07) is 3.86. The van der Waals surface area contributed by atoms with Crippen molar-refractivity contribution in [3.63, 3.8) is 0 Å². The van der Waals surface area contributed by atoms with E-state index >= 15 is 0 Å². The average Bonchev–Trinajstić information content (AvgIpc) is 2.78. The average molecular weight is 269 g/mol. The van der Waals surface area contributed by atoms with Crippen molar-refractivity contribution in [1.29, 1.82) is 0 Å². The summed E-state index contributed by atoms with van der Waals surface area (Å²) >= 11 is 5.82. The summed E-state index contributed by atoms with van der Waals surface area (Å²) in [5.41, 5.74) is 1.66. The Labute approximate surface area is 109 Å². The molecule has 0 N–H and O–H groups in total. The molecule has 0 unspecified atom stereocenters. The Bertz CT molecular complexity index is 565. The van der Waals surface area contributed by atoms with Crippen LogP contribution in [0.2, 0.25) is 5.28 Å². The number of nitrogens with zero attached hydrogens (tertiary/aromatic N) is 4. The second-order valence-electron chi connectivity index (χ2n) is 3.98. The maximum Gasteiger partial charge on any atom is 0.243 e. The Balaban J connectivity index is 2.10. The zero-order valence-electron chi connectivity index (χ0n) is 9.97. The summed E-state index contributed by atoms with van der Waals surface area (Å²) in [5, 5.41) is 4.34. The number of hydrogen-bond donors (Lipinski definition) is 0. The Morgan fingerprint density at radius 1 is 1.33 bits per heavy atom. The van der Waals surface area contributed by atoms with E-state index in [4.69, 9.17) is 21.1 Å². The summed E-state index contributed by atoms with van der Waals surface area (Å²) in [4.78, 5) is 6.31. The Morgan fingerprint density at radius 3 is 2.83 bits per heavy atom. The van der Waals surface area contributed by atoms with Crippen LogP contribution in [0.15, 0.2) is 12.1 Å². The number of halogens is 1. The first-order valence-electron chi connectivity index (χ1n) is 5.71. The highest BCUT2D eigenvalue weighted by atomic mass is 35.5. The molecule has 2 aromatic rings. The third kappa shape index (κ3) is 1.87. The van der Waals surface area contributed by atoms with E-state index in [1.54, 1.807) is 11.6 Å². The van der Waals surface area contributed by atoms with Crippen LogP contribution in [0.1, 0.15) is 0 Å². The van der Waals surface area contributed by atoms with Crippen LogP contribution >= 0.6 is 11.6 Å². The first kappa shape index (κ1) is 11.6. The van der Waals surface area contributed by atoms with Crippen LogP contribution in [-0.2, 0) is 4.74 Å². The van der Waals surface area contributed by atoms with Gasteiger partial charge in [0.05, 0.1) is 20.3 Å². The molecule has 3 rings (SSSR count). The van der Waals surface area contributed by atoms with E-state index in [2.05, 4.69) is 15.0 Å². The van der Waals surface area contributed by atoms with Crippen molar-refractivity contribution >= 4 is 22.9 Å². The molecule has 0 aromatic carbocycles. The fourth-order valence-electron chi connectivity index (χ4n) is 2.12. The van der Waals surface area contributed by atoms with Crippen LogP contribution in [-0.4, -0.2) is 48.0 Å². The molecule has 1 fully saturated rings. The van der Waals surface area contributed by atoms with Crippen LogP contribution in [0.3, 0.4) is 0 Å². The predicted molar refractivity (Wildman–Crippen MR) is 67.6 cm³/mol. The van der Waals surface area contributed by atoms with Gasteiger partial charge >= 0.3 is 0 Å². The number of aromatic nitrogens is 3. The zero-order chi connectivity index (χ0) is 12.5. The van der Waals surface area contributed by atoms with Crippen molar-refractivity contribution in [3.05, 3.63) is 17.4 Å². The molecule has 6 nitrogen and oxygen atoms in total. The van der Waals surface area contributed by atoms with Crippen molar-refractivity contribution in [2.75, 3.05) is 38.3 Å². The minimum absolute atomic E-state index is 0.215. The molecule has 0 radical (unpaired) electrons. The van der Waals surface area contributed by atoms with E-state index in [-0.39, 0.29) is 5.28 Å². The van der Waals surface area contributed by atoms with Crippen LogP contribution in [0.25, 0.3) is 5.65 Å². The molecule has 0 spiro atoms. The maximum absolute atomic E-state index is 5.82. The van der Waals surface area contributed by atoms with Gasteiger partial charge in [-0.2, -0.15) is 9.50 Å². The third-order valence-electron chi connectivity index (χ3n) is 2.95. The number of rotatable bonds is 2. The van der Waals surface area contributed by atoms with E-state index in [0.29, 0.717) is 11.5 Å². The van der Waals surface area contributed by atoms with E-state index in [1.807, 2.05) is 12.1 Å². The first-order valence-corrected chi connectivity index (χ1v) is 6.09. The number of fused-ring (bicyclic) bond motifs is 1. The van der Waals surface area contributed by atoms with Crippen molar-refractivity contribution in [2.45, 2.75) is 0 Å². The molecule has 1 aliphatic heterocycles. The van der Waals surface area contributed by atoms with Gasteiger partial charge in [-0.1, -0.05) is 0 Å². The minimum Gasteiger partial charge on any atom is -0.479 e. The standard InChI is InChI=1S/C11H13ClN4O2/c1-17-10-8(15-4-6-18-7-5-15)2-3-9-13-11(12)14-16(9)10/h2-3H,4-7H2,1H3. The summed E-state index contributed by atoms with van der Waals surface area (Å²) in [6.45, 7) is 3.12. The highest BCUT2D eigenvalue weighted by molar-refractivity contribution is 6.28. The van der Waals surface area contributed by atoms with Crippen LogP contribution in [0, 0.1) is 0 Å². The van der Waals surface area contributed by atoms with Crippen LogP contribution in [0.5, 0.6) is 5.88 Å². The summed E-state index contributed by atoms with van der Waals surface area (Å²) in [5.74, 6) is 0.647. The predicted octanol–water partition coefficient (Wildman–Crippen LogP) is 1.23. The molecule has 0 bridgehead atoms. The van der Waals surface area contributed by atoms with Gasteiger partial charge in [0.25, 0.3) is 0 Å². The largest absolute Gasteiger partial charge is 0.479 e. The second kappa shape index (κ2) is 4.62. The maximum atomic E-state index is 5.82. The third-order valence-corrected chi connectivity index (χ3v) is 3.11. The zero-order valence-corrected chi connectivity index (χ0v) is 10.7. The normalized spacial score (nSPS) is 16.2. The Morgan fingerprint density at radius 2 is 2.11 bits per heavy atom. The molecule has 1 aliphatic rings. The second-order valence-corrected chi connectivity index (χ2v) is 4.32. The molecule has 0 aliphatic carbocycles. The van der Waals surface area contributed by atoms with Crippen LogP contribution in [0.4, 0.5) is 5.69 Å². The monoisotopic (exact) mass is 268 g/mol. The number of methoxy groups -OCH3 is 1. The molecule has 3 heterocycles. The van der Waals surface area contributed by atoms with E-state index < -0.39 is 0 Å². The molecule has 18 heavy (non-hydrogen) atoms. The quantitative estimate of drug-likeness (QED) is 0.820. The molecule has 7 heteroatoms. The van der Waals surface area contributed by atoms with Gasteiger partial charge in [0.2, 0.25) is 11.2 Å². The molecule has 96 valence electrons. The first-order chi connectivity index (χ1) is 8.79. The molecule has 0 atom stereocenters. The number of hydrogen-bond acceptors (Lipinski definition) is 5. The van der Waals surface area contributed by atoms with Crippen molar-refractivity contribution in [3.8, 4) is 5.88 Å². The van der Waals surface area contributed by atoms with Gasteiger partial charge in [-0.3, -0.25) is 0 Å². The molecular formula is C11H13ClN4O2. The highest BCUT2D eigenvalue weighted by Crippen LogP contribution is 2.29. The number of pyridine rings is 1. The highest BCUT2D eigenvalue weighted by Gasteiger charge is 2.19. The SMILES string of the molecule is COc1c(N2CCOCC2)ccc2nc(Cl)nn12. The van der Waals surface area contributed by atoms with Gasteiger partial charge < -0.3 is 14.4 Å². The minimum atomic E-state index is 0.215. The number of anilines is 1. The lowest BCUT2D eigenvalue weighted by Crippen LogP contribution is -2.36. The van der Waals surface area contributed by atoms with E-state index in [0.717, 1.165) is 32.0 Å². The van der Waals surface area contributed by atoms with E-state index in [1.165, 1.54) is 0 Å².